The summed E-state index contributed by atoms with van der Waals surface area (Å²) in [5.74, 6) is 0.584. The maximum absolute atomic E-state index is 8.48. The lowest BCUT2D eigenvalue weighted by atomic mass is 10.3. The smallest absolute Gasteiger partial charge is 0.303 e. The minimum Gasteiger partial charge on any atom is -0.425 e. The number of hydrogen-bond acceptors (Lipinski definition) is 4. The van der Waals surface area contributed by atoms with Crippen LogP contribution in [0.4, 0.5) is 0 Å². The van der Waals surface area contributed by atoms with Gasteiger partial charge in [0.2, 0.25) is 0 Å². The lowest BCUT2D eigenvalue weighted by Gasteiger charge is -2.05. The van der Waals surface area contributed by atoms with Crippen LogP contribution in [0, 0.1) is 22.8 Å². The van der Waals surface area contributed by atoms with Crippen molar-refractivity contribution in [1.29, 1.82) is 10.5 Å². The molecule has 0 bridgehead atoms. The van der Waals surface area contributed by atoms with Gasteiger partial charge in [-0.2, -0.15) is 10.5 Å². The van der Waals surface area contributed by atoms with E-state index in [2.05, 4.69) is 10.3 Å². The van der Waals surface area contributed by atoms with Gasteiger partial charge in [-0.3, -0.25) is 0 Å². The molecule has 0 unspecified atom stereocenters. The third kappa shape index (κ3) is 4.12. The Morgan fingerprint density at radius 2 is 2.06 bits per heavy atom. The van der Waals surface area contributed by atoms with Crippen molar-refractivity contribution in [2.75, 3.05) is 6.54 Å². The van der Waals surface area contributed by atoms with Gasteiger partial charge < -0.3 is 4.74 Å². The Balaban J connectivity index is 2.62. The summed E-state index contributed by atoms with van der Waals surface area (Å²) in [5, 5.41) is 19.2. The van der Waals surface area contributed by atoms with Gasteiger partial charge in [-0.05, 0) is 12.1 Å². The molecule has 80 valence electrons. The fourth-order valence-corrected chi connectivity index (χ4v) is 0.953. The molecule has 0 saturated heterocycles. The second-order valence-electron chi connectivity index (χ2n) is 2.75. The number of amidine groups is 1. The summed E-state index contributed by atoms with van der Waals surface area (Å²) in [4.78, 5) is 3.94. The Labute approximate surface area is 93.6 Å². The average Bonchev–Trinajstić information content (AvgIpc) is 2.31. The molecule has 5 heteroatoms. The first-order chi connectivity index (χ1) is 7.86. The van der Waals surface area contributed by atoms with Crippen molar-refractivity contribution in [3.63, 3.8) is 0 Å². The van der Waals surface area contributed by atoms with Crippen LogP contribution in [-0.2, 0) is 0 Å². The van der Waals surface area contributed by atoms with Crippen LogP contribution in [0.5, 0.6) is 5.75 Å². The summed E-state index contributed by atoms with van der Waals surface area (Å²) in [6.45, 7) is 0.299. The maximum Gasteiger partial charge on any atom is 0.303 e. The average molecular weight is 214 g/mol. The van der Waals surface area contributed by atoms with Crippen LogP contribution in [0.1, 0.15) is 6.42 Å². The van der Waals surface area contributed by atoms with E-state index in [0.29, 0.717) is 12.3 Å². The highest BCUT2D eigenvalue weighted by atomic mass is 16.5. The number of benzene rings is 1. The zero-order valence-corrected chi connectivity index (χ0v) is 8.55. The first kappa shape index (κ1) is 11.5. The van der Waals surface area contributed by atoms with E-state index in [9.17, 15) is 0 Å². The van der Waals surface area contributed by atoms with E-state index in [1.165, 1.54) is 0 Å². The van der Waals surface area contributed by atoms with Crippen LogP contribution < -0.4 is 10.1 Å². The van der Waals surface area contributed by atoms with E-state index in [-0.39, 0.29) is 12.4 Å². The molecule has 16 heavy (non-hydrogen) atoms. The van der Waals surface area contributed by atoms with Crippen LogP contribution >= 0.6 is 0 Å². The second-order valence-corrected chi connectivity index (χ2v) is 2.75. The van der Waals surface area contributed by atoms with E-state index in [4.69, 9.17) is 15.3 Å². The molecule has 0 aliphatic carbocycles. The third-order valence-electron chi connectivity index (χ3n) is 1.60. The molecule has 1 rings (SSSR count). The number of hydrogen-bond donors (Lipinski definition) is 1. The van der Waals surface area contributed by atoms with E-state index in [1.807, 2.05) is 24.3 Å². The summed E-state index contributed by atoms with van der Waals surface area (Å²) in [7, 11) is 0. The summed E-state index contributed by atoms with van der Waals surface area (Å²) < 4.78 is 5.31. The minimum atomic E-state index is 0.101. The summed E-state index contributed by atoms with van der Waals surface area (Å²) in [5.41, 5.74) is 0. The molecule has 1 aromatic carbocycles. The summed E-state index contributed by atoms with van der Waals surface area (Å²) >= 11 is 0. The van der Waals surface area contributed by atoms with Crippen molar-refractivity contribution in [1.82, 2.24) is 5.32 Å². The van der Waals surface area contributed by atoms with Crippen molar-refractivity contribution >= 4 is 6.02 Å². The molecule has 1 aromatic rings. The molecule has 0 aliphatic rings. The second kappa shape index (κ2) is 6.86. The minimum absolute atomic E-state index is 0.101. The zero-order valence-electron chi connectivity index (χ0n) is 8.55. The molecule has 1 N–H and O–H groups in total. The molecule has 0 saturated carbocycles. The quantitative estimate of drug-likeness (QED) is 0.271. The third-order valence-corrected chi connectivity index (χ3v) is 1.60. The molecule has 0 amide bonds. The van der Waals surface area contributed by atoms with Crippen molar-refractivity contribution < 1.29 is 4.74 Å². The fourth-order valence-electron chi connectivity index (χ4n) is 0.953. The van der Waals surface area contributed by atoms with Gasteiger partial charge in [0, 0.05) is 0 Å². The summed E-state index contributed by atoms with van der Waals surface area (Å²) in [6, 6.07) is 11.0. The van der Waals surface area contributed by atoms with Gasteiger partial charge in [0.05, 0.1) is 19.0 Å². The number of rotatable bonds is 3. The van der Waals surface area contributed by atoms with Gasteiger partial charge >= 0.3 is 6.02 Å². The first-order valence-corrected chi connectivity index (χ1v) is 4.66. The molecule has 0 spiro atoms. The van der Waals surface area contributed by atoms with Crippen molar-refractivity contribution in [2.24, 2.45) is 4.99 Å². The van der Waals surface area contributed by atoms with E-state index in [1.54, 1.807) is 18.3 Å². The summed E-state index contributed by atoms with van der Waals surface area (Å²) in [6.07, 6.45) is 2.01. The van der Waals surface area contributed by atoms with Gasteiger partial charge in [-0.1, -0.05) is 18.2 Å². The molecule has 0 heterocycles. The lowest BCUT2D eigenvalue weighted by Crippen LogP contribution is -2.24. The van der Waals surface area contributed by atoms with Crippen LogP contribution in [0.2, 0.25) is 0 Å². The number of ether oxygens (including phenoxy) is 1. The SMILES string of the molecule is N#CCCN=C(NC#N)Oc1ccccc1. The highest BCUT2D eigenvalue weighted by Gasteiger charge is 2.00. The molecule has 5 nitrogen and oxygen atoms in total. The van der Waals surface area contributed by atoms with Gasteiger partial charge in [0.1, 0.15) is 5.75 Å². The molecule has 0 radical (unpaired) electrons. The van der Waals surface area contributed by atoms with Crippen LogP contribution in [0.25, 0.3) is 0 Å². The van der Waals surface area contributed by atoms with E-state index in [0.717, 1.165) is 0 Å². The van der Waals surface area contributed by atoms with Crippen molar-refractivity contribution in [2.45, 2.75) is 6.42 Å². The van der Waals surface area contributed by atoms with Crippen LogP contribution in [0.15, 0.2) is 35.3 Å². The Bertz CT molecular complexity index is 428. The predicted molar refractivity (Wildman–Crippen MR) is 58.4 cm³/mol. The van der Waals surface area contributed by atoms with Gasteiger partial charge in [-0.15, -0.1) is 0 Å². The first-order valence-electron chi connectivity index (χ1n) is 4.66. The standard InChI is InChI=1S/C11H10N4O/c12-7-4-8-14-11(15-9-13)16-10-5-2-1-3-6-10/h1-3,5-6H,4,8H2,(H,14,15). The molecule has 0 atom stereocenters. The largest absolute Gasteiger partial charge is 0.425 e. The lowest BCUT2D eigenvalue weighted by molar-refractivity contribution is 0.526. The number of para-hydroxylation sites is 1. The number of aliphatic imine (C=N–C) groups is 1. The molecule has 0 fully saturated rings. The number of nitrogens with zero attached hydrogens (tertiary/aromatic N) is 3. The zero-order chi connectivity index (χ0) is 11.6. The number of nitriles is 2. The Morgan fingerprint density at radius 3 is 2.69 bits per heavy atom. The predicted octanol–water partition coefficient (Wildman–Crippen LogP) is 1.41. The van der Waals surface area contributed by atoms with Crippen LogP contribution in [0.3, 0.4) is 0 Å². The van der Waals surface area contributed by atoms with Gasteiger partial charge in [0.25, 0.3) is 0 Å². The Kier molecular flexibility index (Phi) is 4.95. The molecule has 0 aromatic heterocycles. The van der Waals surface area contributed by atoms with Crippen molar-refractivity contribution in [3.05, 3.63) is 30.3 Å². The fraction of sp³-hybridized carbons (Fsp3) is 0.182. The van der Waals surface area contributed by atoms with Gasteiger partial charge in [0.15, 0.2) is 6.19 Å². The Morgan fingerprint density at radius 1 is 1.31 bits per heavy atom. The molecule has 0 aliphatic heterocycles. The normalized spacial score (nSPS) is 10.0. The molecular formula is C11H10N4O. The molecular weight excluding hydrogens is 204 g/mol. The van der Waals surface area contributed by atoms with E-state index >= 15 is 0 Å². The topological polar surface area (TPSA) is 81.2 Å². The highest BCUT2D eigenvalue weighted by Crippen LogP contribution is 2.08. The Hall–Kier alpha value is -2.53. The van der Waals surface area contributed by atoms with Crippen LogP contribution in [-0.4, -0.2) is 12.6 Å². The van der Waals surface area contributed by atoms with E-state index < -0.39 is 0 Å². The van der Waals surface area contributed by atoms with Crippen molar-refractivity contribution in [3.8, 4) is 18.0 Å². The highest BCUT2D eigenvalue weighted by molar-refractivity contribution is 5.77. The maximum atomic E-state index is 8.48. The number of nitrogens with one attached hydrogen (secondary N) is 1. The monoisotopic (exact) mass is 214 g/mol. The van der Waals surface area contributed by atoms with Gasteiger partial charge in [-0.25, -0.2) is 10.3 Å².